The molecule has 0 saturated heterocycles. The molecule has 6 heteroatoms. The molecule has 0 radical (unpaired) electrons. The summed E-state index contributed by atoms with van der Waals surface area (Å²) >= 11 is 0. The van der Waals surface area contributed by atoms with Crippen LogP contribution in [0.25, 0.3) is 0 Å². The van der Waals surface area contributed by atoms with E-state index in [2.05, 4.69) is 5.32 Å². The molecule has 1 aromatic rings. The summed E-state index contributed by atoms with van der Waals surface area (Å²) in [5.41, 5.74) is -1.49. The van der Waals surface area contributed by atoms with Gasteiger partial charge in [-0.25, -0.2) is 4.79 Å². The zero-order chi connectivity index (χ0) is 15.2. The molecule has 0 aliphatic rings. The van der Waals surface area contributed by atoms with Crippen molar-refractivity contribution in [3.05, 3.63) is 30.3 Å². The smallest absolute Gasteiger partial charge is 0.331 e. The van der Waals surface area contributed by atoms with E-state index in [9.17, 15) is 9.59 Å². The third-order valence-electron chi connectivity index (χ3n) is 2.73. The highest BCUT2D eigenvalue weighted by Gasteiger charge is 2.36. The molecule has 2 atom stereocenters. The number of carboxylic acids is 1. The number of benzene rings is 1. The van der Waals surface area contributed by atoms with Gasteiger partial charge in [0.2, 0.25) is 0 Å². The summed E-state index contributed by atoms with van der Waals surface area (Å²) < 4.78 is 10.3. The minimum Gasteiger partial charge on any atom is -0.481 e. The molecule has 0 aliphatic carbocycles. The third kappa shape index (κ3) is 4.24. The Balaban J connectivity index is 2.67. The molecule has 0 aliphatic heterocycles. The molecular formula is C14H19NO5. The standard InChI is InChI=1S/C14H19NO5/c1-10(20-11-7-5-4-6-8-11)12(16)15-14(2,9-19-3)13(17)18/h4-8,10H,9H2,1-3H3,(H,15,16)(H,17,18). The maximum atomic E-state index is 12.0. The highest BCUT2D eigenvalue weighted by molar-refractivity contribution is 5.88. The lowest BCUT2D eigenvalue weighted by atomic mass is 10.0. The van der Waals surface area contributed by atoms with E-state index in [1.165, 1.54) is 14.0 Å². The van der Waals surface area contributed by atoms with Crippen molar-refractivity contribution in [2.24, 2.45) is 0 Å². The number of carbonyl (C=O) groups is 2. The summed E-state index contributed by atoms with van der Waals surface area (Å²) in [4.78, 5) is 23.2. The van der Waals surface area contributed by atoms with Crippen molar-refractivity contribution in [3.8, 4) is 5.75 Å². The van der Waals surface area contributed by atoms with Crippen LogP contribution in [0, 0.1) is 0 Å². The number of carboxylic acid groups (broad SMARTS) is 1. The van der Waals surface area contributed by atoms with Crippen LogP contribution in [0.1, 0.15) is 13.8 Å². The molecule has 1 aromatic carbocycles. The third-order valence-corrected chi connectivity index (χ3v) is 2.73. The molecule has 1 amide bonds. The molecule has 0 heterocycles. The van der Waals surface area contributed by atoms with E-state index in [0.717, 1.165) is 0 Å². The number of ether oxygens (including phenoxy) is 2. The summed E-state index contributed by atoms with van der Waals surface area (Å²) in [6.07, 6.45) is -0.812. The van der Waals surface area contributed by atoms with Gasteiger partial charge in [0.15, 0.2) is 11.6 Å². The van der Waals surface area contributed by atoms with Gasteiger partial charge < -0.3 is 19.9 Å². The van der Waals surface area contributed by atoms with Crippen LogP contribution in [0.3, 0.4) is 0 Å². The zero-order valence-corrected chi connectivity index (χ0v) is 11.8. The molecule has 0 saturated carbocycles. The first-order chi connectivity index (χ1) is 9.39. The molecular weight excluding hydrogens is 262 g/mol. The van der Waals surface area contributed by atoms with E-state index >= 15 is 0 Å². The van der Waals surface area contributed by atoms with Gasteiger partial charge >= 0.3 is 5.97 Å². The fraction of sp³-hybridized carbons (Fsp3) is 0.429. The Kier molecular flexibility index (Phi) is 5.52. The van der Waals surface area contributed by atoms with Crippen LogP contribution >= 0.6 is 0 Å². The number of hydrogen-bond donors (Lipinski definition) is 2. The summed E-state index contributed by atoms with van der Waals surface area (Å²) in [7, 11) is 1.37. The second-order valence-electron chi connectivity index (χ2n) is 4.63. The molecule has 1 rings (SSSR count). The fourth-order valence-electron chi connectivity index (χ4n) is 1.57. The molecule has 110 valence electrons. The Morgan fingerprint density at radius 1 is 1.35 bits per heavy atom. The Hall–Kier alpha value is -2.08. The Morgan fingerprint density at radius 2 is 1.95 bits per heavy atom. The topological polar surface area (TPSA) is 84.9 Å². The van der Waals surface area contributed by atoms with E-state index in [4.69, 9.17) is 14.6 Å². The predicted octanol–water partition coefficient (Wildman–Crippen LogP) is 1.06. The second kappa shape index (κ2) is 6.91. The van der Waals surface area contributed by atoms with Crippen molar-refractivity contribution in [1.29, 1.82) is 0 Å². The minimum atomic E-state index is -1.49. The second-order valence-corrected chi connectivity index (χ2v) is 4.63. The quantitative estimate of drug-likeness (QED) is 0.780. The van der Waals surface area contributed by atoms with E-state index in [1.54, 1.807) is 31.2 Å². The number of carbonyl (C=O) groups excluding carboxylic acids is 1. The van der Waals surface area contributed by atoms with E-state index in [0.29, 0.717) is 5.75 Å². The van der Waals surface area contributed by atoms with Crippen molar-refractivity contribution in [1.82, 2.24) is 5.32 Å². The van der Waals surface area contributed by atoms with E-state index in [1.807, 2.05) is 6.07 Å². The molecule has 0 spiro atoms. The molecule has 0 fully saturated rings. The van der Waals surface area contributed by atoms with E-state index < -0.39 is 23.5 Å². The summed E-state index contributed by atoms with van der Waals surface area (Å²) in [6.45, 7) is 2.80. The Morgan fingerprint density at radius 3 is 2.45 bits per heavy atom. The monoisotopic (exact) mass is 281 g/mol. The normalized spacial score (nSPS) is 14.9. The first kappa shape index (κ1) is 16.0. The van der Waals surface area contributed by atoms with Gasteiger partial charge in [0, 0.05) is 7.11 Å². The van der Waals surface area contributed by atoms with Crippen LogP contribution in [0.2, 0.25) is 0 Å². The van der Waals surface area contributed by atoms with Crippen LogP contribution in [0.5, 0.6) is 5.75 Å². The van der Waals surface area contributed by atoms with Gasteiger partial charge in [-0.05, 0) is 26.0 Å². The lowest BCUT2D eigenvalue weighted by molar-refractivity contribution is -0.150. The summed E-state index contributed by atoms with van der Waals surface area (Å²) in [5.74, 6) is -1.14. The molecule has 2 N–H and O–H groups in total. The fourth-order valence-corrected chi connectivity index (χ4v) is 1.57. The van der Waals surface area contributed by atoms with Gasteiger partial charge in [-0.15, -0.1) is 0 Å². The van der Waals surface area contributed by atoms with Crippen LogP contribution in [0.4, 0.5) is 0 Å². The van der Waals surface area contributed by atoms with Gasteiger partial charge in [-0.2, -0.15) is 0 Å². The number of nitrogens with one attached hydrogen (secondary N) is 1. The number of aliphatic carboxylic acids is 1. The maximum absolute atomic E-state index is 12.0. The molecule has 0 bridgehead atoms. The highest BCUT2D eigenvalue weighted by atomic mass is 16.5. The minimum absolute atomic E-state index is 0.133. The van der Waals surface area contributed by atoms with Crippen LogP contribution in [0.15, 0.2) is 30.3 Å². The van der Waals surface area contributed by atoms with Gasteiger partial charge in [0.05, 0.1) is 6.61 Å². The van der Waals surface area contributed by atoms with Gasteiger partial charge in [-0.1, -0.05) is 18.2 Å². The van der Waals surface area contributed by atoms with Crippen molar-refractivity contribution >= 4 is 11.9 Å². The SMILES string of the molecule is COCC(C)(NC(=O)C(C)Oc1ccccc1)C(=O)O. The predicted molar refractivity (Wildman–Crippen MR) is 72.6 cm³/mol. The number of para-hydroxylation sites is 1. The van der Waals surface area contributed by atoms with E-state index in [-0.39, 0.29) is 6.61 Å². The lowest BCUT2D eigenvalue weighted by Gasteiger charge is -2.27. The Bertz CT molecular complexity index is 462. The molecule has 6 nitrogen and oxygen atoms in total. The summed E-state index contributed by atoms with van der Waals surface area (Å²) in [5, 5.41) is 11.6. The molecule has 2 unspecified atom stereocenters. The number of methoxy groups -OCH3 is 1. The van der Waals surface area contributed by atoms with Gasteiger partial charge in [0.25, 0.3) is 5.91 Å². The molecule has 20 heavy (non-hydrogen) atoms. The average molecular weight is 281 g/mol. The maximum Gasteiger partial charge on any atom is 0.331 e. The van der Waals surface area contributed by atoms with Crippen molar-refractivity contribution in [2.45, 2.75) is 25.5 Å². The van der Waals surface area contributed by atoms with Gasteiger partial charge in [0.1, 0.15) is 5.75 Å². The first-order valence-electron chi connectivity index (χ1n) is 6.15. The zero-order valence-electron chi connectivity index (χ0n) is 11.8. The Labute approximate surface area is 117 Å². The molecule has 0 aromatic heterocycles. The van der Waals surface area contributed by atoms with Crippen LogP contribution in [-0.2, 0) is 14.3 Å². The van der Waals surface area contributed by atoms with Crippen LogP contribution in [-0.4, -0.2) is 42.3 Å². The highest BCUT2D eigenvalue weighted by Crippen LogP contribution is 2.12. The van der Waals surface area contributed by atoms with Crippen molar-refractivity contribution in [2.75, 3.05) is 13.7 Å². The van der Waals surface area contributed by atoms with Crippen molar-refractivity contribution < 1.29 is 24.2 Å². The number of hydrogen-bond acceptors (Lipinski definition) is 4. The van der Waals surface area contributed by atoms with Crippen LogP contribution < -0.4 is 10.1 Å². The first-order valence-corrected chi connectivity index (χ1v) is 6.15. The van der Waals surface area contributed by atoms with Gasteiger partial charge in [-0.3, -0.25) is 4.79 Å². The van der Waals surface area contributed by atoms with Crippen molar-refractivity contribution in [3.63, 3.8) is 0 Å². The summed E-state index contributed by atoms with van der Waals surface area (Å²) in [6, 6.07) is 8.83. The largest absolute Gasteiger partial charge is 0.481 e. The number of rotatable bonds is 7. The average Bonchev–Trinajstić information content (AvgIpc) is 2.39. The lowest BCUT2D eigenvalue weighted by Crippen LogP contribution is -2.57. The number of amides is 1.